The SMILES string of the molecule is C#Cc1cscc1-c1cc(CC(C)c2ccccc2)[nH]n1.Cc1ccccc1.[HH]. The van der Waals surface area contributed by atoms with Crippen LogP contribution in [0.5, 0.6) is 0 Å². The molecule has 0 spiro atoms. The van der Waals surface area contributed by atoms with Gasteiger partial charge < -0.3 is 0 Å². The summed E-state index contributed by atoms with van der Waals surface area (Å²) in [6, 6.07) is 22.9. The zero-order valence-corrected chi connectivity index (χ0v) is 17.0. The van der Waals surface area contributed by atoms with E-state index in [9.17, 15) is 0 Å². The van der Waals surface area contributed by atoms with Crippen LogP contribution in [0.15, 0.2) is 77.5 Å². The molecule has 1 N–H and O–H groups in total. The second-order valence-electron chi connectivity index (χ2n) is 6.79. The fraction of sp³-hybridized carbons (Fsp3) is 0.160. The van der Waals surface area contributed by atoms with Crippen LogP contribution in [0.25, 0.3) is 11.3 Å². The standard InChI is InChI=1S/C18H16N2S.C7H8.H2/c1-3-14-11-21-12-17(14)18-10-16(19-20-18)9-13(2)15-7-5-4-6-8-15;1-7-5-3-2-4-6-7;/h1,4-8,10-13H,9H2,2H3,(H,19,20);2-6H,1H3;1H. The lowest BCUT2D eigenvalue weighted by atomic mass is 9.96. The van der Waals surface area contributed by atoms with Gasteiger partial charge in [-0.1, -0.05) is 79.1 Å². The molecule has 0 fully saturated rings. The first-order valence-electron chi connectivity index (χ1n) is 9.31. The third-order valence-corrected chi connectivity index (χ3v) is 5.30. The highest BCUT2D eigenvalue weighted by atomic mass is 32.1. The molecule has 0 saturated carbocycles. The van der Waals surface area contributed by atoms with Gasteiger partial charge in [0.1, 0.15) is 0 Å². The maximum atomic E-state index is 5.51. The first-order chi connectivity index (χ1) is 13.7. The number of aromatic nitrogens is 2. The van der Waals surface area contributed by atoms with Crippen LogP contribution in [0.2, 0.25) is 0 Å². The zero-order chi connectivity index (χ0) is 19.8. The molecule has 0 bridgehead atoms. The number of hydrogen-bond acceptors (Lipinski definition) is 2. The average molecular weight is 387 g/mol. The van der Waals surface area contributed by atoms with Crippen LogP contribution in [0.1, 0.15) is 36.7 Å². The van der Waals surface area contributed by atoms with Crippen LogP contribution in [0, 0.1) is 19.3 Å². The molecular weight excluding hydrogens is 360 g/mol. The summed E-state index contributed by atoms with van der Waals surface area (Å²) in [6.45, 7) is 4.31. The Morgan fingerprint density at radius 2 is 1.75 bits per heavy atom. The number of benzene rings is 2. The molecule has 0 amide bonds. The van der Waals surface area contributed by atoms with Crippen molar-refractivity contribution in [1.29, 1.82) is 0 Å². The molecule has 142 valence electrons. The molecule has 28 heavy (non-hydrogen) atoms. The minimum absolute atomic E-state index is 0. The van der Waals surface area contributed by atoms with Crippen molar-refractivity contribution in [3.05, 3.63) is 99.9 Å². The fourth-order valence-electron chi connectivity index (χ4n) is 2.98. The van der Waals surface area contributed by atoms with Crippen molar-refractivity contribution in [3.63, 3.8) is 0 Å². The normalized spacial score (nSPS) is 11.2. The third-order valence-electron chi connectivity index (χ3n) is 4.56. The largest absolute Gasteiger partial charge is 0.282 e. The van der Waals surface area contributed by atoms with E-state index in [-0.39, 0.29) is 1.43 Å². The average Bonchev–Trinajstić information content (AvgIpc) is 3.38. The van der Waals surface area contributed by atoms with E-state index >= 15 is 0 Å². The lowest BCUT2D eigenvalue weighted by molar-refractivity contribution is 0.737. The number of thiophene rings is 1. The van der Waals surface area contributed by atoms with E-state index in [0.29, 0.717) is 5.92 Å². The highest BCUT2D eigenvalue weighted by Gasteiger charge is 2.12. The summed E-state index contributed by atoms with van der Waals surface area (Å²) in [4.78, 5) is 0. The summed E-state index contributed by atoms with van der Waals surface area (Å²) in [5.74, 6) is 3.16. The van der Waals surface area contributed by atoms with E-state index in [1.807, 2.05) is 29.6 Å². The Bertz CT molecular complexity index is 1030. The van der Waals surface area contributed by atoms with Gasteiger partial charge in [-0.15, -0.1) is 6.42 Å². The Morgan fingerprint density at radius 1 is 1.07 bits per heavy atom. The van der Waals surface area contributed by atoms with E-state index < -0.39 is 0 Å². The summed E-state index contributed by atoms with van der Waals surface area (Å²) >= 11 is 1.61. The fourth-order valence-corrected chi connectivity index (χ4v) is 3.76. The molecule has 1 unspecified atom stereocenters. The molecule has 3 heteroatoms. The number of nitrogens with one attached hydrogen (secondary N) is 1. The Hall–Kier alpha value is -3.09. The van der Waals surface area contributed by atoms with Gasteiger partial charge in [0.05, 0.1) is 5.69 Å². The zero-order valence-electron chi connectivity index (χ0n) is 16.2. The maximum Gasteiger partial charge on any atom is 0.0944 e. The molecule has 0 aliphatic carbocycles. The van der Waals surface area contributed by atoms with E-state index in [4.69, 9.17) is 6.42 Å². The third kappa shape index (κ3) is 5.22. The molecule has 4 aromatic rings. The van der Waals surface area contributed by atoms with E-state index in [2.05, 4.69) is 77.8 Å². The van der Waals surface area contributed by atoms with Gasteiger partial charge in [-0.3, -0.25) is 5.10 Å². The van der Waals surface area contributed by atoms with Crippen LogP contribution in [-0.4, -0.2) is 10.2 Å². The van der Waals surface area contributed by atoms with Crippen molar-refractivity contribution >= 4 is 11.3 Å². The summed E-state index contributed by atoms with van der Waals surface area (Å²) in [6.07, 6.45) is 6.45. The van der Waals surface area contributed by atoms with Gasteiger partial charge in [0, 0.05) is 29.0 Å². The number of H-pyrrole nitrogens is 1. The molecule has 0 aliphatic heterocycles. The van der Waals surface area contributed by atoms with Crippen molar-refractivity contribution in [1.82, 2.24) is 10.2 Å². The quantitative estimate of drug-likeness (QED) is 0.388. The van der Waals surface area contributed by atoms with Crippen LogP contribution in [0.3, 0.4) is 0 Å². The van der Waals surface area contributed by atoms with Crippen molar-refractivity contribution in [2.45, 2.75) is 26.2 Å². The van der Waals surface area contributed by atoms with Gasteiger partial charge in [0.25, 0.3) is 0 Å². The number of hydrogen-bond donors (Lipinski definition) is 1. The van der Waals surface area contributed by atoms with Gasteiger partial charge in [-0.25, -0.2) is 0 Å². The maximum absolute atomic E-state index is 5.51. The molecule has 1 atom stereocenters. The Balaban J connectivity index is 0.000000319. The number of aromatic amines is 1. The highest BCUT2D eigenvalue weighted by molar-refractivity contribution is 7.08. The van der Waals surface area contributed by atoms with E-state index in [1.165, 1.54) is 11.1 Å². The first-order valence-corrected chi connectivity index (χ1v) is 10.3. The summed E-state index contributed by atoms with van der Waals surface area (Å²) in [5.41, 5.74) is 6.68. The minimum Gasteiger partial charge on any atom is -0.282 e. The summed E-state index contributed by atoms with van der Waals surface area (Å²) in [7, 11) is 0. The van der Waals surface area contributed by atoms with Crippen molar-refractivity contribution in [2.75, 3.05) is 0 Å². The van der Waals surface area contributed by atoms with Gasteiger partial charge in [0.2, 0.25) is 0 Å². The molecule has 0 saturated heterocycles. The summed E-state index contributed by atoms with van der Waals surface area (Å²) < 4.78 is 0. The van der Waals surface area contributed by atoms with Crippen LogP contribution in [0.4, 0.5) is 0 Å². The number of aryl methyl sites for hydroxylation is 1. The smallest absolute Gasteiger partial charge is 0.0944 e. The monoisotopic (exact) mass is 386 g/mol. The van der Waals surface area contributed by atoms with Crippen LogP contribution in [-0.2, 0) is 6.42 Å². The second-order valence-corrected chi connectivity index (χ2v) is 7.54. The van der Waals surface area contributed by atoms with Gasteiger partial charge in [-0.05, 0) is 30.9 Å². The molecule has 0 aliphatic rings. The summed E-state index contributed by atoms with van der Waals surface area (Å²) in [5, 5.41) is 11.6. The molecule has 2 aromatic carbocycles. The van der Waals surface area contributed by atoms with Gasteiger partial charge >= 0.3 is 0 Å². The molecule has 4 rings (SSSR count). The topological polar surface area (TPSA) is 28.7 Å². The van der Waals surface area contributed by atoms with Crippen molar-refractivity contribution < 1.29 is 1.43 Å². The Morgan fingerprint density at radius 3 is 2.36 bits per heavy atom. The van der Waals surface area contributed by atoms with Crippen molar-refractivity contribution in [3.8, 4) is 23.6 Å². The predicted molar refractivity (Wildman–Crippen MR) is 122 cm³/mol. The minimum atomic E-state index is 0. The second kappa shape index (κ2) is 9.73. The lowest BCUT2D eigenvalue weighted by Crippen LogP contribution is -1.98. The Labute approximate surface area is 172 Å². The molecule has 2 aromatic heterocycles. The number of nitrogens with zero attached hydrogens (tertiary/aromatic N) is 1. The van der Waals surface area contributed by atoms with Crippen LogP contribution >= 0.6 is 11.3 Å². The lowest BCUT2D eigenvalue weighted by Gasteiger charge is -2.09. The predicted octanol–water partition coefficient (Wildman–Crippen LogP) is 6.71. The Kier molecular flexibility index (Phi) is 6.84. The molecule has 0 radical (unpaired) electrons. The number of rotatable bonds is 4. The van der Waals surface area contributed by atoms with Crippen LogP contribution < -0.4 is 0 Å². The molecule has 2 heterocycles. The van der Waals surface area contributed by atoms with Gasteiger partial charge in [0.15, 0.2) is 0 Å². The first kappa shape index (κ1) is 19.7. The van der Waals surface area contributed by atoms with Gasteiger partial charge in [-0.2, -0.15) is 16.4 Å². The highest BCUT2D eigenvalue weighted by Crippen LogP contribution is 2.27. The van der Waals surface area contributed by atoms with Crippen molar-refractivity contribution in [2.24, 2.45) is 0 Å². The molecular formula is C25H26N2S. The molecule has 2 nitrogen and oxygen atoms in total. The number of terminal acetylenes is 1. The van der Waals surface area contributed by atoms with E-state index in [0.717, 1.165) is 28.9 Å². The van der Waals surface area contributed by atoms with E-state index in [1.54, 1.807) is 11.3 Å².